The van der Waals surface area contributed by atoms with E-state index in [1.54, 1.807) is 13.0 Å². The summed E-state index contributed by atoms with van der Waals surface area (Å²) in [4.78, 5) is 25.0. The molecule has 0 radical (unpaired) electrons. The second kappa shape index (κ2) is 12.7. The van der Waals surface area contributed by atoms with Gasteiger partial charge in [-0.3, -0.25) is 9.36 Å². The Kier molecular flexibility index (Phi) is 8.90. The zero-order valence-corrected chi connectivity index (χ0v) is 25.7. The molecule has 7 rings (SSSR count). The number of aromatic nitrogens is 3. The second-order valence-electron chi connectivity index (χ2n) is 13.1. The minimum Gasteiger partial charge on any atom is -0.394 e. The van der Waals surface area contributed by atoms with Gasteiger partial charge in [0.1, 0.15) is 23.6 Å². The van der Waals surface area contributed by atoms with Crippen molar-refractivity contribution >= 4 is 16.9 Å². The number of hydrogen-bond donors (Lipinski definition) is 2. The number of halogens is 3. The number of piperidine rings is 1. The van der Waals surface area contributed by atoms with Crippen LogP contribution in [0.4, 0.5) is 19.0 Å². The lowest BCUT2D eigenvalue weighted by Gasteiger charge is -2.36. The third kappa shape index (κ3) is 5.95. The molecule has 2 aromatic heterocycles. The van der Waals surface area contributed by atoms with Crippen molar-refractivity contribution in [2.24, 2.45) is 5.92 Å². The van der Waals surface area contributed by atoms with E-state index in [4.69, 9.17) is 0 Å². The molecule has 11 heteroatoms. The molecule has 1 aliphatic carbocycles. The second-order valence-corrected chi connectivity index (χ2v) is 13.1. The average molecular weight is 623 g/mol. The van der Waals surface area contributed by atoms with Crippen molar-refractivity contribution in [3.8, 4) is 6.07 Å². The van der Waals surface area contributed by atoms with Gasteiger partial charge in [-0.1, -0.05) is 43.9 Å². The van der Waals surface area contributed by atoms with E-state index < -0.39 is 40.7 Å². The number of hydrogen-bond acceptors (Lipinski definition) is 7. The molecule has 1 aromatic carbocycles. The fourth-order valence-corrected chi connectivity index (χ4v) is 7.22. The highest BCUT2D eigenvalue weighted by Crippen LogP contribution is 2.47. The lowest BCUT2D eigenvalue weighted by molar-refractivity contribution is -0.0880. The molecule has 0 amide bonds. The molecule has 1 saturated carbocycles. The Balaban J connectivity index is 1.45. The Morgan fingerprint density at radius 2 is 1.78 bits per heavy atom. The number of nitriles is 1. The summed E-state index contributed by atoms with van der Waals surface area (Å²) in [7, 11) is 0. The number of alkyl halides is 2. The van der Waals surface area contributed by atoms with E-state index in [9.17, 15) is 15.2 Å². The number of anilines is 1. The highest BCUT2D eigenvalue weighted by Gasteiger charge is 2.48. The zero-order valence-electron chi connectivity index (χ0n) is 25.7. The largest absolute Gasteiger partial charge is 0.394 e. The summed E-state index contributed by atoms with van der Waals surface area (Å²) in [6.45, 7) is 3.40. The Morgan fingerprint density at radius 1 is 1.04 bits per heavy atom. The van der Waals surface area contributed by atoms with Crippen LogP contribution in [0.5, 0.6) is 0 Å². The van der Waals surface area contributed by atoms with E-state index in [1.807, 2.05) is 0 Å². The molecule has 5 heterocycles. The van der Waals surface area contributed by atoms with Gasteiger partial charge in [0.15, 0.2) is 0 Å². The van der Waals surface area contributed by atoms with Crippen molar-refractivity contribution < 1.29 is 18.3 Å². The van der Waals surface area contributed by atoms with Crippen molar-refractivity contribution in [3.63, 3.8) is 0 Å². The van der Waals surface area contributed by atoms with Gasteiger partial charge in [0.2, 0.25) is 0 Å². The van der Waals surface area contributed by atoms with E-state index in [-0.39, 0.29) is 17.7 Å². The first-order valence-corrected chi connectivity index (χ1v) is 16.3. The lowest BCUT2D eigenvalue weighted by Crippen LogP contribution is -2.40. The maximum Gasteiger partial charge on any atom is 0.278 e. The van der Waals surface area contributed by atoms with E-state index in [2.05, 4.69) is 26.3 Å². The quantitative estimate of drug-likeness (QED) is 0.343. The highest BCUT2D eigenvalue weighted by molar-refractivity contribution is 5.87. The summed E-state index contributed by atoms with van der Waals surface area (Å²) in [5, 5.41) is 24.1. The summed E-state index contributed by atoms with van der Waals surface area (Å²) < 4.78 is 49.2. The summed E-state index contributed by atoms with van der Waals surface area (Å²) in [6.07, 6.45) is 8.28. The van der Waals surface area contributed by atoms with E-state index in [0.29, 0.717) is 67.6 Å². The van der Waals surface area contributed by atoms with Crippen molar-refractivity contribution in [2.75, 3.05) is 31.6 Å². The van der Waals surface area contributed by atoms with Gasteiger partial charge in [0.05, 0.1) is 41.1 Å². The van der Waals surface area contributed by atoms with Crippen molar-refractivity contribution in [1.82, 2.24) is 19.4 Å². The van der Waals surface area contributed by atoms with Crippen LogP contribution in [0.15, 0.2) is 35.4 Å². The standard InChI is InChI=1S/C34H41F3N6O2/c1-22-25-9-7-10-27(29(25)35)34(36,37)23-11-16-42(17-12-23)15-6-4-2-3-5-8-24(19-44)43-31-26(30(41-22)39-21-40-31)18-28(32(43)45)33(20-38)13-14-33/h7,9-10,18,21-24,44H,2-6,8,11-17,19H2,1H3,(H,39,40,41)/t22-,24?/m1/s1. The third-order valence-corrected chi connectivity index (χ3v) is 10.2. The summed E-state index contributed by atoms with van der Waals surface area (Å²) in [5.74, 6) is -4.90. The fourth-order valence-electron chi connectivity index (χ4n) is 7.22. The molecule has 8 nitrogen and oxygen atoms in total. The highest BCUT2D eigenvalue weighted by atomic mass is 19.3. The van der Waals surface area contributed by atoms with Crippen molar-refractivity contribution in [1.29, 1.82) is 5.26 Å². The van der Waals surface area contributed by atoms with Crippen LogP contribution in [0.2, 0.25) is 0 Å². The molecule has 2 fully saturated rings. The molecule has 1 saturated heterocycles. The van der Waals surface area contributed by atoms with Crippen LogP contribution in [-0.2, 0) is 11.3 Å². The number of nitrogens with zero attached hydrogens (tertiary/aromatic N) is 5. The smallest absolute Gasteiger partial charge is 0.278 e. The van der Waals surface area contributed by atoms with Crippen molar-refractivity contribution in [3.05, 3.63) is 63.5 Å². The molecule has 4 aliphatic rings. The predicted molar refractivity (Wildman–Crippen MR) is 166 cm³/mol. The van der Waals surface area contributed by atoms with Crippen LogP contribution in [0.1, 0.15) is 99.9 Å². The van der Waals surface area contributed by atoms with Crippen molar-refractivity contribution in [2.45, 2.75) is 94.6 Å². The normalized spacial score (nSPS) is 26.8. The summed E-state index contributed by atoms with van der Waals surface area (Å²) in [6, 6.07) is 6.79. The number of fused-ring (bicyclic) bond motifs is 10. The van der Waals surface area contributed by atoms with Crippen LogP contribution in [0.3, 0.4) is 0 Å². The van der Waals surface area contributed by atoms with Crippen LogP contribution >= 0.6 is 0 Å². The number of aliphatic hydroxyl groups excluding tert-OH is 1. The topological polar surface area (TPSA) is 107 Å². The Labute approximate surface area is 261 Å². The van der Waals surface area contributed by atoms with Crippen LogP contribution in [0, 0.1) is 23.1 Å². The first-order valence-electron chi connectivity index (χ1n) is 16.3. The molecule has 1 unspecified atom stereocenters. The molecule has 2 N–H and O–H groups in total. The first-order chi connectivity index (χ1) is 21.7. The Bertz CT molecular complexity index is 1640. The maximum atomic E-state index is 16.0. The van der Waals surface area contributed by atoms with Gasteiger partial charge in [0.25, 0.3) is 11.5 Å². The molecule has 240 valence electrons. The van der Waals surface area contributed by atoms with Gasteiger partial charge >= 0.3 is 0 Å². The number of nitrogens with one attached hydrogen (secondary N) is 1. The minimum absolute atomic E-state index is 0.0796. The van der Waals surface area contributed by atoms with Crippen LogP contribution in [0.25, 0.3) is 11.0 Å². The molecule has 0 spiro atoms. The predicted octanol–water partition coefficient (Wildman–Crippen LogP) is 6.35. The summed E-state index contributed by atoms with van der Waals surface area (Å²) in [5.41, 5.74) is -1.15. The van der Waals surface area contributed by atoms with Gasteiger partial charge in [-0.2, -0.15) is 5.26 Å². The fraction of sp³-hybridized carbons (Fsp3) is 0.588. The van der Waals surface area contributed by atoms with Gasteiger partial charge in [-0.05, 0) is 71.1 Å². The van der Waals surface area contributed by atoms with Gasteiger partial charge in [-0.15, -0.1) is 0 Å². The Morgan fingerprint density at radius 3 is 2.49 bits per heavy atom. The number of pyridine rings is 1. The molecule has 2 atom stereocenters. The molecule has 45 heavy (non-hydrogen) atoms. The summed E-state index contributed by atoms with van der Waals surface area (Å²) >= 11 is 0. The number of benzene rings is 1. The average Bonchev–Trinajstić information content (AvgIpc) is 3.84. The number of rotatable bonds is 2. The molecule has 3 aliphatic heterocycles. The SMILES string of the molecule is C[C@H]1Nc2ncnc3c2cc(C2(C#N)CC2)c(=O)n3C(CO)CCCCCCCN2CCC(CC2)C(F)(F)c2cccc1c2F. The third-order valence-electron chi connectivity index (χ3n) is 10.2. The molecule has 3 aromatic rings. The van der Waals surface area contributed by atoms with Crippen LogP contribution in [-0.4, -0.2) is 50.8 Å². The number of aliphatic hydroxyl groups is 1. The van der Waals surface area contributed by atoms with E-state index in [1.165, 1.54) is 29.1 Å². The first kappa shape index (κ1) is 31.5. The van der Waals surface area contributed by atoms with Gasteiger partial charge < -0.3 is 15.3 Å². The van der Waals surface area contributed by atoms with Crippen LogP contribution < -0.4 is 10.9 Å². The maximum absolute atomic E-state index is 16.0. The van der Waals surface area contributed by atoms with E-state index >= 15 is 13.2 Å². The lowest BCUT2D eigenvalue weighted by atomic mass is 9.85. The minimum atomic E-state index is -3.31. The molecular formula is C34H41F3N6O2. The van der Waals surface area contributed by atoms with Gasteiger partial charge in [0, 0.05) is 17.0 Å². The molecule has 8 bridgehead atoms. The van der Waals surface area contributed by atoms with Gasteiger partial charge in [-0.25, -0.2) is 23.1 Å². The Hall–Kier alpha value is -3.49. The molecular weight excluding hydrogens is 581 g/mol. The monoisotopic (exact) mass is 622 g/mol. The van der Waals surface area contributed by atoms with E-state index in [0.717, 1.165) is 38.6 Å². The zero-order chi connectivity index (χ0) is 31.8.